The molecule has 0 saturated carbocycles. The summed E-state index contributed by atoms with van der Waals surface area (Å²) < 4.78 is 0. The van der Waals surface area contributed by atoms with Crippen molar-refractivity contribution in [3.05, 3.63) is 71.4 Å². The van der Waals surface area contributed by atoms with Crippen LogP contribution in [0.4, 0.5) is 5.69 Å². The molecule has 0 aliphatic carbocycles. The van der Waals surface area contributed by atoms with Gasteiger partial charge in [-0.2, -0.15) is 0 Å². The Morgan fingerprint density at radius 1 is 0.926 bits per heavy atom. The third kappa shape index (κ3) is 4.26. The summed E-state index contributed by atoms with van der Waals surface area (Å²) in [5.41, 5.74) is 4.10. The molecule has 0 N–H and O–H groups in total. The van der Waals surface area contributed by atoms with Crippen LogP contribution in [0.1, 0.15) is 11.4 Å². The molecule has 3 heterocycles. The molecule has 1 aromatic carbocycles. The van der Waals surface area contributed by atoms with Crippen LogP contribution in [-0.2, 0) is 6.42 Å². The van der Waals surface area contributed by atoms with Gasteiger partial charge in [-0.1, -0.05) is 23.7 Å². The number of aromatic nitrogens is 3. The maximum absolute atomic E-state index is 6.19. The molecule has 0 unspecified atom stereocenters. The van der Waals surface area contributed by atoms with E-state index in [4.69, 9.17) is 11.6 Å². The van der Waals surface area contributed by atoms with Crippen LogP contribution in [0.25, 0.3) is 11.3 Å². The normalized spacial score (nSPS) is 15.1. The van der Waals surface area contributed by atoms with Gasteiger partial charge in [0.25, 0.3) is 0 Å². The summed E-state index contributed by atoms with van der Waals surface area (Å²) >= 11 is 6.19. The van der Waals surface area contributed by atoms with Gasteiger partial charge in [0, 0.05) is 56.2 Å². The van der Waals surface area contributed by atoms with Gasteiger partial charge in [-0.25, -0.2) is 15.0 Å². The average Bonchev–Trinajstić information content (AvgIpc) is 2.70. The van der Waals surface area contributed by atoms with Gasteiger partial charge in [-0.05, 0) is 42.9 Å². The molecule has 0 bridgehead atoms. The van der Waals surface area contributed by atoms with Crippen molar-refractivity contribution in [2.24, 2.45) is 0 Å². The first-order chi connectivity index (χ1) is 13.2. The van der Waals surface area contributed by atoms with Crippen LogP contribution < -0.4 is 4.90 Å². The van der Waals surface area contributed by atoms with Crippen molar-refractivity contribution in [3.8, 4) is 11.3 Å². The minimum Gasteiger partial charge on any atom is -0.369 e. The van der Waals surface area contributed by atoms with Gasteiger partial charge >= 0.3 is 0 Å². The highest BCUT2D eigenvalue weighted by atomic mass is 35.5. The molecule has 0 amide bonds. The van der Waals surface area contributed by atoms with Crippen molar-refractivity contribution in [2.45, 2.75) is 6.42 Å². The predicted molar refractivity (Wildman–Crippen MR) is 109 cm³/mol. The molecule has 4 rings (SSSR count). The second-order valence-electron chi connectivity index (χ2n) is 6.83. The Morgan fingerprint density at radius 2 is 1.70 bits per heavy atom. The zero-order valence-electron chi connectivity index (χ0n) is 15.3. The van der Waals surface area contributed by atoms with E-state index in [9.17, 15) is 0 Å². The Labute approximate surface area is 164 Å². The fourth-order valence-electron chi connectivity index (χ4n) is 3.28. The van der Waals surface area contributed by atoms with Crippen molar-refractivity contribution in [1.29, 1.82) is 0 Å². The number of piperazine rings is 1. The van der Waals surface area contributed by atoms with Crippen LogP contribution >= 0.6 is 11.6 Å². The van der Waals surface area contributed by atoms with Crippen LogP contribution in [0.2, 0.25) is 5.15 Å². The molecule has 1 saturated heterocycles. The van der Waals surface area contributed by atoms with E-state index >= 15 is 0 Å². The molecular weight excluding hydrogens is 358 g/mol. The largest absolute Gasteiger partial charge is 0.369 e. The Morgan fingerprint density at radius 3 is 2.44 bits per heavy atom. The van der Waals surface area contributed by atoms with E-state index in [1.54, 1.807) is 12.4 Å². The summed E-state index contributed by atoms with van der Waals surface area (Å²) in [6, 6.07) is 14.4. The summed E-state index contributed by atoms with van der Waals surface area (Å²) in [7, 11) is 2.17. The van der Waals surface area contributed by atoms with Crippen LogP contribution in [0, 0.1) is 0 Å². The van der Waals surface area contributed by atoms with Gasteiger partial charge < -0.3 is 9.80 Å². The van der Waals surface area contributed by atoms with Crippen molar-refractivity contribution < 1.29 is 0 Å². The predicted octanol–water partition coefficient (Wildman–Crippen LogP) is 3.53. The zero-order valence-corrected chi connectivity index (χ0v) is 16.1. The van der Waals surface area contributed by atoms with Gasteiger partial charge in [0.15, 0.2) is 0 Å². The van der Waals surface area contributed by atoms with Crippen LogP contribution in [0.15, 0.2) is 54.9 Å². The molecule has 1 fully saturated rings. The minimum absolute atomic E-state index is 0.457. The monoisotopic (exact) mass is 379 g/mol. The number of benzene rings is 1. The fourth-order valence-corrected chi connectivity index (χ4v) is 3.50. The van der Waals surface area contributed by atoms with Crippen molar-refractivity contribution >= 4 is 17.3 Å². The van der Waals surface area contributed by atoms with E-state index in [-0.39, 0.29) is 0 Å². The molecule has 0 atom stereocenters. The van der Waals surface area contributed by atoms with Crippen molar-refractivity contribution in [2.75, 3.05) is 38.1 Å². The minimum atomic E-state index is 0.457. The molecule has 138 valence electrons. The Kier molecular flexibility index (Phi) is 5.32. The van der Waals surface area contributed by atoms with E-state index in [0.29, 0.717) is 11.6 Å². The second-order valence-corrected chi connectivity index (χ2v) is 7.19. The molecule has 0 radical (unpaired) electrons. The molecule has 3 aromatic rings. The maximum atomic E-state index is 6.19. The lowest BCUT2D eigenvalue weighted by atomic mass is 10.1. The topological polar surface area (TPSA) is 45.2 Å². The first-order valence-corrected chi connectivity index (χ1v) is 9.52. The van der Waals surface area contributed by atoms with Crippen LogP contribution in [0.5, 0.6) is 0 Å². The molecule has 1 aliphatic heterocycles. The molecule has 2 aromatic heterocycles. The molecule has 0 spiro atoms. The van der Waals surface area contributed by atoms with Crippen LogP contribution in [-0.4, -0.2) is 53.1 Å². The highest BCUT2D eigenvalue weighted by molar-refractivity contribution is 6.32. The second kappa shape index (κ2) is 8.03. The number of hydrogen-bond donors (Lipinski definition) is 0. The third-order valence-electron chi connectivity index (χ3n) is 4.91. The lowest BCUT2D eigenvalue weighted by Gasteiger charge is -2.34. The summed E-state index contributed by atoms with van der Waals surface area (Å²) in [4.78, 5) is 18.0. The number of anilines is 1. The van der Waals surface area contributed by atoms with Crippen LogP contribution in [0.3, 0.4) is 0 Å². The van der Waals surface area contributed by atoms with E-state index in [0.717, 1.165) is 43.3 Å². The SMILES string of the molecule is CN1CCN(c2ccc(Cc3nccc(-c4cccnc4Cl)n3)cc2)CC1. The van der Waals surface area contributed by atoms with E-state index < -0.39 is 0 Å². The molecule has 6 heteroatoms. The molecular formula is C21H22ClN5. The molecule has 27 heavy (non-hydrogen) atoms. The van der Waals surface area contributed by atoms with Crippen molar-refractivity contribution in [1.82, 2.24) is 19.9 Å². The quantitative estimate of drug-likeness (QED) is 0.649. The van der Waals surface area contributed by atoms with E-state index in [2.05, 4.69) is 56.1 Å². The van der Waals surface area contributed by atoms with Gasteiger partial charge in [0.2, 0.25) is 0 Å². The number of pyridine rings is 1. The van der Waals surface area contributed by atoms with Gasteiger partial charge in [0.1, 0.15) is 11.0 Å². The Bertz CT molecular complexity index is 904. The van der Waals surface area contributed by atoms with E-state index in [1.165, 1.54) is 11.3 Å². The summed E-state index contributed by atoms with van der Waals surface area (Å²) in [5, 5.41) is 0.457. The van der Waals surface area contributed by atoms with Gasteiger partial charge in [-0.3, -0.25) is 0 Å². The lowest BCUT2D eigenvalue weighted by Crippen LogP contribution is -2.44. The number of halogens is 1. The van der Waals surface area contributed by atoms with E-state index in [1.807, 2.05) is 18.2 Å². The summed E-state index contributed by atoms with van der Waals surface area (Å²) in [6.07, 6.45) is 4.14. The highest BCUT2D eigenvalue weighted by Crippen LogP contribution is 2.24. The highest BCUT2D eigenvalue weighted by Gasteiger charge is 2.14. The fraction of sp³-hybridized carbons (Fsp3) is 0.286. The zero-order chi connectivity index (χ0) is 18.6. The van der Waals surface area contributed by atoms with Gasteiger partial charge in [-0.15, -0.1) is 0 Å². The Hall–Kier alpha value is -2.50. The number of likely N-dealkylation sites (N-methyl/N-ethyl adjacent to an activating group) is 1. The average molecular weight is 380 g/mol. The number of hydrogen-bond acceptors (Lipinski definition) is 5. The summed E-state index contributed by atoms with van der Waals surface area (Å²) in [5.74, 6) is 0.778. The van der Waals surface area contributed by atoms with Gasteiger partial charge in [0.05, 0.1) is 5.69 Å². The smallest absolute Gasteiger partial charge is 0.138 e. The number of rotatable bonds is 4. The number of nitrogens with zero attached hydrogens (tertiary/aromatic N) is 5. The summed E-state index contributed by atoms with van der Waals surface area (Å²) in [6.45, 7) is 4.37. The lowest BCUT2D eigenvalue weighted by molar-refractivity contribution is 0.313. The Balaban J connectivity index is 1.48. The standard InChI is InChI=1S/C21H22ClN5/c1-26-11-13-27(14-12-26)17-6-4-16(5-7-17)15-20-23-10-8-19(25-20)18-3-2-9-24-21(18)22/h2-10H,11-15H2,1H3. The maximum Gasteiger partial charge on any atom is 0.138 e. The molecule has 1 aliphatic rings. The van der Waals surface area contributed by atoms with Crippen molar-refractivity contribution in [3.63, 3.8) is 0 Å². The molecule has 5 nitrogen and oxygen atoms in total. The third-order valence-corrected chi connectivity index (χ3v) is 5.21. The first-order valence-electron chi connectivity index (χ1n) is 9.14. The first kappa shape index (κ1) is 17.9.